The van der Waals surface area contributed by atoms with Crippen molar-refractivity contribution in [1.82, 2.24) is 4.90 Å². The molecule has 0 aromatic heterocycles. The number of hydrogen-bond acceptors (Lipinski definition) is 4. The van der Waals surface area contributed by atoms with Crippen molar-refractivity contribution in [2.24, 2.45) is 0 Å². The molecule has 22 heavy (non-hydrogen) atoms. The van der Waals surface area contributed by atoms with Gasteiger partial charge in [0.1, 0.15) is 0 Å². The van der Waals surface area contributed by atoms with Crippen LogP contribution in [0.1, 0.15) is 57.8 Å². The van der Waals surface area contributed by atoms with E-state index in [9.17, 15) is 13.2 Å². The molecule has 3 fully saturated rings. The van der Waals surface area contributed by atoms with Crippen molar-refractivity contribution < 1.29 is 13.2 Å². The minimum atomic E-state index is -3.02. The molecule has 0 bridgehead atoms. The molecule has 1 saturated heterocycles. The van der Waals surface area contributed by atoms with Crippen LogP contribution in [0.2, 0.25) is 0 Å². The summed E-state index contributed by atoms with van der Waals surface area (Å²) in [7, 11) is -3.02. The lowest BCUT2D eigenvalue weighted by Gasteiger charge is -2.41. The van der Waals surface area contributed by atoms with Crippen molar-refractivity contribution in [3.05, 3.63) is 0 Å². The number of likely N-dealkylation sites (tertiary alicyclic amines) is 1. The third-order valence-corrected chi connectivity index (χ3v) is 9.41. The van der Waals surface area contributed by atoms with Crippen LogP contribution < -0.4 is 0 Å². The van der Waals surface area contributed by atoms with Gasteiger partial charge in [0.05, 0.1) is 16.3 Å². The van der Waals surface area contributed by atoms with E-state index in [1.807, 2.05) is 0 Å². The summed E-state index contributed by atoms with van der Waals surface area (Å²) in [5.74, 6) is 0.660. The molecule has 1 aliphatic heterocycles. The average molecular weight is 346 g/mol. The lowest BCUT2D eigenvalue weighted by Crippen LogP contribution is -2.59. The lowest BCUT2D eigenvalue weighted by atomic mass is 10.0. The van der Waals surface area contributed by atoms with Crippen LogP contribution in [0.4, 0.5) is 0 Å². The van der Waals surface area contributed by atoms with Crippen molar-refractivity contribution >= 4 is 27.5 Å². The van der Waals surface area contributed by atoms with Crippen LogP contribution in [-0.2, 0) is 14.6 Å². The van der Waals surface area contributed by atoms with Crippen LogP contribution in [0.15, 0.2) is 0 Å². The summed E-state index contributed by atoms with van der Waals surface area (Å²) in [6.07, 6.45) is 9.94. The van der Waals surface area contributed by atoms with E-state index in [2.05, 4.69) is 0 Å². The van der Waals surface area contributed by atoms with Crippen molar-refractivity contribution in [3.8, 4) is 0 Å². The van der Waals surface area contributed by atoms with Gasteiger partial charge >= 0.3 is 0 Å². The Morgan fingerprint density at radius 3 is 2.14 bits per heavy atom. The third-order valence-electron chi connectivity index (χ3n) is 5.43. The zero-order chi connectivity index (χ0) is 15.6. The molecule has 1 heterocycles. The highest BCUT2D eigenvalue weighted by Crippen LogP contribution is 2.32. The maximum atomic E-state index is 12.6. The second-order valence-electron chi connectivity index (χ2n) is 6.99. The molecule has 0 aromatic carbocycles. The number of carbonyl (C=O) groups excluding carboxylic acids is 1. The van der Waals surface area contributed by atoms with Gasteiger partial charge in [0, 0.05) is 18.3 Å². The fourth-order valence-electron chi connectivity index (χ4n) is 3.85. The van der Waals surface area contributed by atoms with Crippen molar-refractivity contribution in [3.63, 3.8) is 0 Å². The van der Waals surface area contributed by atoms with Gasteiger partial charge in [-0.2, -0.15) is 0 Å². The Balaban J connectivity index is 1.43. The second kappa shape index (κ2) is 7.12. The summed E-state index contributed by atoms with van der Waals surface area (Å²) in [4.78, 5) is 13.9. The number of rotatable bonds is 5. The molecular formula is C16H27NO3S2. The highest BCUT2D eigenvalue weighted by atomic mass is 32.2. The lowest BCUT2D eigenvalue weighted by molar-refractivity contribution is -0.131. The van der Waals surface area contributed by atoms with E-state index >= 15 is 0 Å². The van der Waals surface area contributed by atoms with Gasteiger partial charge in [0.25, 0.3) is 0 Å². The molecule has 4 nitrogen and oxygen atoms in total. The summed E-state index contributed by atoms with van der Waals surface area (Å²) in [6.45, 7) is 0.867. The maximum Gasteiger partial charge on any atom is 0.232 e. The fraction of sp³-hybridized carbons (Fsp3) is 0.938. The van der Waals surface area contributed by atoms with Gasteiger partial charge in [-0.1, -0.05) is 32.1 Å². The molecule has 0 N–H and O–H groups in total. The molecule has 0 aromatic rings. The Kier molecular flexibility index (Phi) is 5.38. The summed E-state index contributed by atoms with van der Waals surface area (Å²) in [5, 5.41) is 0.208. The average Bonchev–Trinajstić information content (AvgIpc) is 2.97. The summed E-state index contributed by atoms with van der Waals surface area (Å²) < 4.78 is 25.1. The number of nitrogens with zero attached hydrogens (tertiary/aromatic N) is 1. The molecule has 2 aliphatic carbocycles. The van der Waals surface area contributed by atoms with E-state index < -0.39 is 9.84 Å². The highest BCUT2D eigenvalue weighted by molar-refractivity contribution is 8.00. The van der Waals surface area contributed by atoms with Crippen molar-refractivity contribution in [2.75, 3.05) is 18.8 Å². The molecule has 1 amide bonds. The van der Waals surface area contributed by atoms with E-state index in [1.54, 1.807) is 16.7 Å². The van der Waals surface area contributed by atoms with E-state index in [-0.39, 0.29) is 16.4 Å². The zero-order valence-corrected chi connectivity index (χ0v) is 14.8. The Hall–Kier alpha value is -0.230. The van der Waals surface area contributed by atoms with E-state index in [1.165, 1.54) is 32.1 Å². The molecule has 3 rings (SSSR count). The highest BCUT2D eigenvalue weighted by Gasteiger charge is 2.43. The normalized spacial score (nSPS) is 25.4. The van der Waals surface area contributed by atoms with Gasteiger partial charge < -0.3 is 4.90 Å². The topological polar surface area (TPSA) is 54.5 Å². The third kappa shape index (κ3) is 3.64. The Labute approximate surface area is 138 Å². The summed E-state index contributed by atoms with van der Waals surface area (Å²) >= 11 is 1.77. The Bertz CT molecular complexity index is 488. The van der Waals surface area contributed by atoms with Crippen molar-refractivity contribution in [2.45, 2.75) is 73.5 Å². The van der Waals surface area contributed by atoms with Gasteiger partial charge in [-0.15, -0.1) is 11.8 Å². The molecular weight excluding hydrogens is 318 g/mol. The molecule has 6 heteroatoms. The minimum absolute atomic E-state index is 0.131. The van der Waals surface area contributed by atoms with Gasteiger partial charge in [0.15, 0.2) is 9.84 Å². The summed E-state index contributed by atoms with van der Waals surface area (Å²) in [5.41, 5.74) is 0. The first-order chi connectivity index (χ1) is 10.6. The van der Waals surface area contributed by atoms with Gasteiger partial charge in [-0.25, -0.2) is 8.42 Å². The van der Waals surface area contributed by atoms with Gasteiger partial charge in [0.2, 0.25) is 5.91 Å². The molecule has 0 atom stereocenters. The second-order valence-corrected chi connectivity index (χ2v) is 10.8. The number of hydrogen-bond donors (Lipinski definition) is 0. The smallest absolute Gasteiger partial charge is 0.232 e. The first kappa shape index (κ1) is 16.6. The molecule has 3 aliphatic rings. The number of sulfone groups is 1. The van der Waals surface area contributed by atoms with Crippen LogP contribution in [-0.4, -0.2) is 53.8 Å². The molecule has 0 unspecified atom stereocenters. The predicted octanol–water partition coefficient (Wildman–Crippen LogP) is 2.62. The number of thioether (sulfide) groups is 1. The molecule has 2 saturated carbocycles. The van der Waals surface area contributed by atoms with Crippen LogP contribution in [0.25, 0.3) is 0 Å². The molecule has 126 valence electrons. The Morgan fingerprint density at radius 1 is 0.909 bits per heavy atom. The molecule has 0 spiro atoms. The van der Waals surface area contributed by atoms with Crippen molar-refractivity contribution in [1.29, 1.82) is 0 Å². The van der Waals surface area contributed by atoms with Crippen LogP contribution >= 0.6 is 11.8 Å². The fourth-order valence-corrected chi connectivity index (χ4v) is 7.39. The first-order valence-corrected chi connectivity index (χ1v) is 11.4. The van der Waals surface area contributed by atoms with Gasteiger partial charge in [-0.05, 0) is 25.7 Å². The number of carbonyl (C=O) groups is 1. The van der Waals surface area contributed by atoms with Crippen LogP contribution in [0.5, 0.6) is 0 Å². The van der Waals surface area contributed by atoms with E-state index in [4.69, 9.17) is 0 Å². The quantitative estimate of drug-likeness (QED) is 0.768. The van der Waals surface area contributed by atoms with E-state index in [0.29, 0.717) is 24.1 Å². The summed E-state index contributed by atoms with van der Waals surface area (Å²) in [6, 6.07) is 0. The minimum Gasteiger partial charge on any atom is -0.339 e. The Morgan fingerprint density at radius 2 is 1.50 bits per heavy atom. The van der Waals surface area contributed by atoms with E-state index in [0.717, 1.165) is 25.7 Å². The largest absolute Gasteiger partial charge is 0.339 e. The van der Waals surface area contributed by atoms with Crippen LogP contribution in [0, 0.1) is 0 Å². The number of amides is 1. The van der Waals surface area contributed by atoms with Gasteiger partial charge in [-0.3, -0.25) is 4.79 Å². The van der Waals surface area contributed by atoms with Crippen LogP contribution in [0.3, 0.4) is 0 Å². The zero-order valence-electron chi connectivity index (χ0n) is 13.2. The molecule has 0 radical (unpaired) electrons. The monoisotopic (exact) mass is 345 g/mol. The maximum absolute atomic E-state index is 12.6. The standard InChI is InChI=1S/C16H27NO3S2/c18-16(12-21-13-6-4-5-7-13)17-10-15(11-17)22(19,20)14-8-2-1-3-9-14/h13-15H,1-12H2. The SMILES string of the molecule is O=C(CSC1CCCC1)N1CC(S(=O)(=O)C2CCCCC2)C1. The predicted molar refractivity (Wildman–Crippen MR) is 90.9 cm³/mol. The first-order valence-electron chi connectivity index (χ1n) is 8.69.